The number of thiophene rings is 1. The molecule has 1 fully saturated rings. The summed E-state index contributed by atoms with van der Waals surface area (Å²) in [5.74, 6) is 0.409. The Bertz CT molecular complexity index is 1010. The first kappa shape index (κ1) is 16.4. The fraction of sp³-hybridized carbons (Fsp3) is 0.368. The van der Waals surface area contributed by atoms with Crippen LogP contribution >= 0.6 is 23.6 Å². The number of aromatic nitrogens is 3. The lowest BCUT2D eigenvalue weighted by Crippen LogP contribution is -2.32. The Kier molecular flexibility index (Phi) is 4.03. The Morgan fingerprint density at radius 2 is 2.08 bits per heavy atom. The molecular formula is C19H19FN4S2. The van der Waals surface area contributed by atoms with Crippen LogP contribution in [0.5, 0.6) is 0 Å². The minimum absolute atomic E-state index is 0.248. The predicted octanol–water partition coefficient (Wildman–Crippen LogP) is 4.63. The van der Waals surface area contributed by atoms with Crippen molar-refractivity contribution >= 4 is 23.6 Å². The number of fused-ring (bicyclic) bond motifs is 1. The number of hydrogen-bond acceptors (Lipinski definition) is 4. The van der Waals surface area contributed by atoms with Gasteiger partial charge in [0, 0.05) is 24.0 Å². The number of halogens is 1. The molecule has 0 spiro atoms. The fourth-order valence-electron chi connectivity index (χ4n) is 3.62. The molecule has 0 saturated heterocycles. The van der Waals surface area contributed by atoms with Gasteiger partial charge in [0.1, 0.15) is 5.82 Å². The summed E-state index contributed by atoms with van der Waals surface area (Å²) in [6, 6.07) is 9.39. The van der Waals surface area contributed by atoms with E-state index < -0.39 is 0 Å². The van der Waals surface area contributed by atoms with Gasteiger partial charge in [-0.25, -0.2) is 9.07 Å². The summed E-state index contributed by atoms with van der Waals surface area (Å²) < 4.78 is 19.0. The van der Waals surface area contributed by atoms with Gasteiger partial charge in [0.15, 0.2) is 10.6 Å². The fourth-order valence-corrected chi connectivity index (χ4v) is 4.84. The number of hydrogen-bond donors (Lipinski definition) is 0. The first-order valence-corrected chi connectivity index (χ1v) is 10.2. The highest BCUT2D eigenvalue weighted by atomic mass is 32.1. The maximum Gasteiger partial charge on any atom is 0.199 e. The van der Waals surface area contributed by atoms with Gasteiger partial charge in [-0.05, 0) is 60.6 Å². The van der Waals surface area contributed by atoms with E-state index in [1.165, 1.54) is 16.5 Å². The Balaban J connectivity index is 1.50. The molecule has 1 aromatic carbocycles. The maximum absolute atomic E-state index is 14.4. The Labute approximate surface area is 160 Å². The molecule has 1 aliphatic carbocycles. The highest BCUT2D eigenvalue weighted by Gasteiger charge is 2.30. The topological polar surface area (TPSA) is 26.0 Å². The number of nitrogens with zero attached hydrogens (tertiary/aromatic N) is 4. The normalized spacial score (nSPS) is 17.4. The van der Waals surface area contributed by atoms with Gasteiger partial charge >= 0.3 is 0 Å². The van der Waals surface area contributed by atoms with Crippen LogP contribution in [0.15, 0.2) is 35.7 Å². The molecule has 0 unspecified atom stereocenters. The van der Waals surface area contributed by atoms with Gasteiger partial charge in [-0.2, -0.15) is 5.10 Å². The highest BCUT2D eigenvalue weighted by molar-refractivity contribution is 7.71. The van der Waals surface area contributed by atoms with E-state index in [0.717, 1.165) is 32.4 Å². The SMILES string of the molecule is Fc1ccccc1-c1nn(CN2CCc3sccc3C2)c(=S)n1C1CC1. The first-order valence-electron chi connectivity index (χ1n) is 8.92. The van der Waals surface area contributed by atoms with E-state index in [-0.39, 0.29) is 5.82 Å². The monoisotopic (exact) mass is 386 g/mol. The van der Waals surface area contributed by atoms with Gasteiger partial charge in [-0.15, -0.1) is 11.3 Å². The van der Waals surface area contributed by atoms with E-state index in [9.17, 15) is 4.39 Å². The molecule has 0 amide bonds. The second-order valence-electron chi connectivity index (χ2n) is 7.00. The van der Waals surface area contributed by atoms with Crippen molar-refractivity contribution < 1.29 is 4.39 Å². The third-order valence-electron chi connectivity index (χ3n) is 5.12. The van der Waals surface area contributed by atoms with Crippen molar-refractivity contribution in [3.63, 3.8) is 0 Å². The summed E-state index contributed by atoms with van der Waals surface area (Å²) in [5.41, 5.74) is 1.94. The second kappa shape index (κ2) is 6.40. The molecule has 5 rings (SSSR count). The molecule has 3 heterocycles. The zero-order valence-corrected chi connectivity index (χ0v) is 15.9. The second-order valence-corrected chi connectivity index (χ2v) is 8.37. The van der Waals surface area contributed by atoms with E-state index in [4.69, 9.17) is 17.3 Å². The van der Waals surface area contributed by atoms with E-state index in [0.29, 0.717) is 28.9 Å². The minimum Gasteiger partial charge on any atom is -0.297 e. The van der Waals surface area contributed by atoms with Crippen LogP contribution in [0.3, 0.4) is 0 Å². The van der Waals surface area contributed by atoms with Crippen LogP contribution in [0.1, 0.15) is 29.3 Å². The third kappa shape index (κ3) is 2.84. The summed E-state index contributed by atoms with van der Waals surface area (Å²) in [6.45, 7) is 2.57. The zero-order valence-electron chi connectivity index (χ0n) is 14.3. The molecule has 0 bridgehead atoms. The number of benzene rings is 1. The van der Waals surface area contributed by atoms with Crippen LogP contribution in [0.4, 0.5) is 4.39 Å². The third-order valence-corrected chi connectivity index (χ3v) is 6.55. The lowest BCUT2D eigenvalue weighted by Gasteiger charge is -2.26. The van der Waals surface area contributed by atoms with Crippen molar-refractivity contribution in [3.05, 3.63) is 56.7 Å². The van der Waals surface area contributed by atoms with Crippen LogP contribution < -0.4 is 0 Å². The Morgan fingerprint density at radius 3 is 2.88 bits per heavy atom. The quantitative estimate of drug-likeness (QED) is 0.612. The molecule has 1 aliphatic heterocycles. The van der Waals surface area contributed by atoms with Gasteiger partial charge in [0.05, 0.1) is 12.2 Å². The molecule has 134 valence electrons. The first-order chi connectivity index (χ1) is 12.7. The van der Waals surface area contributed by atoms with Crippen LogP contribution in [-0.4, -0.2) is 25.8 Å². The molecule has 1 saturated carbocycles. The summed E-state index contributed by atoms with van der Waals surface area (Å²) in [7, 11) is 0. The van der Waals surface area contributed by atoms with Crippen molar-refractivity contribution in [3.8, 4) is 11.4 Å². The lowest BCUT2D eigenvalue weighted by molar-refractivity contribution is 0.189. The molecule has 7 heteroatoms. The summed E-state index contributed by atoms with van der Waals surface area (Å²) in [4.78, 5) is 3.85. The van der Waals surface area contributed by atoms with Crippen LogP contribution in [-0.2, 0) is 19.6 Å². The average Bonchev–Trinajstić information content (AvgIpc) is 3.28. The van der Waals surface area contributed by atoms with Crippen molar-refractivity contribution in [1.29, 1.82) is 0 Å². The van der Waals surface area contributed by atoms with Crippen molar-refractivity contribution in [2.75, 3.05) is 6.54 Å². The molecular weight excluding hydrogens is 367 g/mol. The van der Waals surface area contributed by atoms with Crippen molar-refractivity contribution in [2.45, 2.75) is 38.5 Å². The van der Waals surface area contributed by atoms with Crippen LogP contribution in [0.25, 0.3) is 11.4 Å². The van der Waals surface area contributed by atoms with Crippen LogP contribution in [0, 0.1) is 10.6 Å². The minimum atomic E-state index is -0.248. The van der Waals surface area contributed by atoms with Gasteiger partial charge in [-0.1, -0.05) is 12.1 Å². The smallest absolute Gasteiger partial charge is 0.199 e. The lowest BCUT2D eigenvalue weighted by atomic mass is 10.1. The van der Waals surface area contributed by atoms with Gasteiger partial charge in [-0.3, -0.25) is 9.47 Å². The summed E-state index contributed by atoms with van der Waals surface area (Å²) in [6.07, 6.45) is 3.25. The maximum atomic E-state index is 14.4. The van der Waals surface area contributed by atoms with E-state index >= 15 is 0 Å². The average molecular weight is 387 g/mol. The Morgan fingerprint density at radius 1 is 1.23 bits per heavy atom. The van der Waals surface area contributed by atoms with Crippen molar-refractivity contribution in [1.82, 2.24) is 19.2 Å². The van der Waals surface area contributed by atoms with Gasteiger partial charge in [0.2, 0.25) is 0 Å². The summed E-state index contributed by atoms with van der Waals surface area (Å²) in [5, 5.41) is 6.90. The van der Waals surface area contributed by atoms with Crippen molar-refractivity contribution in [2.24, 2.45) is 0 Å². The molecule has 2 aromatic heterocycles. The van der Waals surface area contributed by atoms with E-state index in [1.54, 1.807) is 12.1 Å². The van der Waals surface area contributed by atoms with Crippen LogP contribution in [0.2, 0.25) is 0 Å². The summed E-state index contributed by atoms with van der Waals surface area (Å²) >= 11 is 7.56. The standard InChI is InChI=1S/C19H19FN4S2/c20-16-4-2-1-3-15(16)18-21-23(19(25)24(18)14-5-6-14)12-22-9-7-17-13(11-22)8-10-26-17/h1-4,8,10,14H,5-7,9,11-12H2. The zero-order chi connectivity index (χ0) is 17.7. The molecule has 4 nitrogen and oxygen atoms in total. The molecule has 0 N–H and O–H groups in total. The highest BCUT2D eigenvalue weighted by Crippen LogP contribution is 2.39. The van der Waals surface area contributed by atoms with E-state index in [1.807, 2.05) is 26.7 Å². The largest absolute Gasteiger partial charge is 0.297 e. The van der Waals surface area contributed by atoms with Gasteiger partial charge in [0.25, 0.3) is 0 Å². The molecule has 3 aromatic rings. The Hall–Kier alpha value is -1.83. The molecule has 2 aliphatic rings. The molecule has 26 heavy (non-hydrogen) atoms. The van der Waals surface area contributed by atoms with Gasteiger partial charge < -0.3 is 0 Å². The van der Waals surface area contributed by atoms with E-state index in [2.05, 4.69) is 16.3 Å². The molecule has 0 atom stereocenters. The predicted molar refractivity (Wildman–Crippen MR) is 103 cm³/mol. The number of rotatable bonds is 4. The molecule has 0 radical (unpaired) electrons.